The van der Waals surface area contributed by atoms with E-state index in [-0.39, 0.29) is 24.1 Å². The summed E-state index contributed by atoms with van der Waals surface area (Å²) >= 11 is 0. The molecule has 3 aliphatic rings. The van der Waals surface area contributed by atoms with Crippen molar-refractivity contribution < 1.29 is 9.59 Å². The van der Waals surface area contributed by atoms with Gasteiger partial charge in [0.25, 0.3) is 0 Å². The van der Waals surface area contributed by atoms with Crippen LogP contribution in [0.3, 0.4) is 0 Å². The maximum absolute atomic E-state index is 12.4. The highest BCUT2D eigenvalue weighted by Crippen LogP contribution is 2.21. The molecule has 3 saturated carbocycles. The van der Waals surface area contributed by atoms with Crippen LogP contribution in [0.15, 0.2) is 0 Å². The molecule has 6 nitrogen and oxygen atoms in total. The monoisotopic (exact) mass is 364 g/mol. The minimum atomic E-state index is -0.0664. The van der Waals surface area contributed by atoms with Crippen LogP contribution >= 0.6 is 0 Å². The maximum Gasteiger partial charge on any atom is 0.315 e. The Morgan fingerprint density at radius 1 is 0.462 bits per heavy atom. The molecule has 0 aromatic carbocycles. The molecule has 0 radical (unpaired) electrons. The van der Waals surface area contributed by atoms with Gasteiger partial charge in [0, 0.05) is 12.1 Å². The van der Waals surface area contributed by atoms with Crippen molar-refractivity contribution in [1.82, 2.24) is 21.3 Å². The minimum absolute atomic E-state index is 0.0319. The standard InChI is InChI=1S/C20H36N4O2/c25-19(21-15-9-3-1-4-10-15)23-17-13-7-8-14-18(17)24-20(26)22-16-11-5-2-6-12-16/h15-18H,1-14H2,(H2,21,23,25)(H2,22,24,26)/t17-,18-/m1/s1. The summed E-state index contributed by atoms with van der Waals surface area (Å²) in [6, 6.07) is 0.558. The highest BCUT2D eigenvalue weighted by Gasteiger charge is 2.29. The highest BCUT2D eigenvalue weighted by atomic mass is 16.2. The number of hydrogen-bond acceptors (Lipinski definition) is 2. The van der Waals surface area contributed by atoms with Gasteiger partial charge in [-0.1, -0.05) is 51.4 Å². The number of rotatable bonds is 4. The molecule has 0 saturated heterocycles. The van der Waals surface area contributed by atoms with Crippen molar-refractivity contribution in [2.75, 3.05) is 0 Å². The third-order valence-corrected chi connectivity index (χ3v) is 6.28. The Morgan fingerprint density at radius 3 is 1.19 bits per heavy atom. The van der Waals surface area contributed by atoms with E-state index in [2.05, 4.69) is 21.3 Å². The summed E-state index contributed by atoms with van der Waals surface area (Å²) in [5, 5.41) is 12.5. The first-order chi connectivity index (χ1) is 12.7. The molecule has 0 spiro atoms. The van der Waals surface area contributed by atoms with Crippen LogP contribution in [0.2, 0.25) is 0 Å². The summed E-state index contributed by atoms with van der Waals surface area (Å²) in [7, 11) is 0. The Kier molecular flexibility index (Phi) is 7.44. The fraction of sp³-hybridized carbons (Fsp3) is 0.900. The van der Waals surface area contributed by atoms with Crippen LogP contribution in [0.4, 0.5) is 9.59 Å². The van der Waals surface area contributed by atoms with Crippen molar-refractivity contribution in [1.29, 1.82) is 0 Å². The van der Waals surface area contributed by atoms with Gasteiger partial charge in [0.15, 0.2) is 0 Å². The van der Waals surface area contributed by atoms with Gasteiger partial charge < -0.3 is 21.3 Å². The van der Waals surface area contributed by atoms with Crippen molar-refractivity contribution in [3.05, 3.63) is 0 Å². The third-order valence-electron chi connectivity index (χ3n) is 6.28. The van der Waals surface area contributed by atoms with E-state index < -0.39 is 0 Å². The number of urea groups is 2. The molecule has 3 rings (SSSR count). The summed E-state index contributed by atoms with van der Waals surface area (Å²) in [5.74, 6) is 0. The van der Waals surface area contributed by atoms with Crippen LogP contribution in [0.1, 0.15) is 89.9 Å². The van der Waals surface area contributed by atoms with Gasteiger partial charge in [-0.05, 0) is 38.5 Å². The van der Waals surface area contributed by atoms with E-state index in [1.54, 1.807) is 0 Å². The van der Waals surface area contributed by atoms with Crippen LogP contribution in [-0.2, 0) is 0 Å². The first-order valence-corrected chi connectivity index (χ1v) is 10.8. The lowest BCUT2D eigenvalue weighted by molar-refractivity contribution is 0.206. The second-order valence-electron chi connectivity index (χ2n) is 8.40. The van der Waals surface area contributed by atoms with Crippen molar-refractivity contribution in [2.45, 2.75) is 114 Å². The number of amides is 4. The second kappa shape index (κ2) is 10.0. The van der Waals surface area contributed by atoms with Crippen LogP contribution in [-0.4, -0.2) is 36.2 Å². The predicted molar refractivity (Wildman–Crippen MR) is 103 cm³/mol. The molecule has 2 atom stereocenters. The average Bonchev–Trinajstić information content (AvgIpc) is 2.65. The van der Waals surface area contributed by atoms with Crippen LogP contribution < -0.4 is 21.3 Å². The van der Waals surface area contributed by atoms with Crippen LogP contribution in [0.25, 0.3) is 0 Å². The molecule has 0 bridgehead atoms. The normalized spacial score (nSPS) is 28.2. The predicted octanol–water partition coefficient (Wildman–Crippen LogP) is 3.56. The number of carbonyl (C=O) groups excluding carboxylic acids is 2. The molecule has 4 N–H and O–H groups in total. The molecule has 26 heavy (non-hydrogen) atoms. The number of nitrogens with one attached hydrogen (secondary N) is 4. The Bertz CT molecular complexity index is 417. The number of carbonyl (C=O) groups is 2. The van der Waals surface area contributed by atoms with E-state index in [1.165, 1.54) is 38.5 Å². The maximum atomic E-state index is 12.4. The molecule has 0 aliphatic heterocycles. The molecule has 0 aromatic heterocycles. The molecule has 0 aromatic rings. The van der Waals surface area contributed by atoms with Crippen molar-refractivity contribution >= 4 is 12.1 Å². The second-order valence-corrected chi connectivity index (χ2v) is 8.40. The minimum Gasteiger partial charge on any atom is -0.335 e. The molecule has 0 unspecified atom stereocenters. The smallest absolute Gasteiger partial charge is 0.315 e. The zero-order valence-electron chi connectivity index (χ0n) is 16.0. The lowest BCUT2D eigenvalue weighted by Gasteiger charge is -2.34. The first kappa shape index (κ1) is 19.3. The van der Waals surface area contributed by atoms with Crippen molar-refractivity contribution in [2.24, 2.45) is 0 Å². The van der Waals surface area contributed by atoms with Gasteiger partial charge in [0.05, 0.1) is 12.1 Å². The van der Waals surface area contributed by atoms with Gasteiger partial charge in [0.1, 0.15) is 0 Å². The van der Waals surface area contributed by atoms with Crippen molar-refractivity contribution in [3.63, 3.8) is 0 Å². The summed E-state index contributed by atoms with van der Waals surface area (Å²) in [6.07, 6.45) is 15.8. The van der Waals surface area contributed by atoms with Gasteiger partial charge in [-0.25, -0.2) is 9.59 Å². The van der Waals surface area contributed by atoms with E-state index in [9.17, 15) is 9.59 Å². The summed E-state index contributed by atoms with van der Waals surface area (Å²) in [4.78, 5) is 24.8. The summed E-state index contributed by atoms with van der Waals surface area (Å²) < 4.78 is 0. The van der Waals surface area contributed by atoms with Gasteiger partial charge in [-0.2, -0.15) is 0 Å². The fourth-order valence-electron chi connectivity index (χ4n) is 4.76. The molecule has 148 valence electrons. The quantitative estimate of drug-likeness (QED) is 0.615. The third kappa shape index (κ3) is 6.06. The molecule has 6 heteroatoms. The molecule has 4 amide bonds. The number of hydrogen-bond donors (Lipinski definition) is 4. The summed E-state index contributed by atoms with van der Waals surface area (Å²) in [5.41, 5.74) is 0. The Balaban J connectivity index is 1.44. The average molecular weight is 365 g/mol. The van der Waals surface area contributed by atoms with Gasteiger partial charge in [0.2, 0.25) is 0 Å². The molecule has 3 aliphatic carbocycles. The SMILES string of the molecule is O=C(NC1CCCCC1)N[C@@H]1CCCC[C@H]1NC(=O)NC1CCCCC1. The van der Waals surface area contributed by atoms with E-state index >= 15 is 0 Å². The van der Waals surface area contributed by atoms with E-state index in [0.717, 1.165) is 51.4 Å². The van der Waals surface area contributed by atoms with Gasteiger partial charge in [-0.3, -0.25) is 0 Å². The lowest BCUT2D eigenvalue weighted by Crippen LogP contribution is -2.58. The molecule has 3 fully saturated rings. The largest absolute Gasteiger partial charge is 0.335 e. The zero-order valence-corrected chi connectivity index (χ0v) is 16.0. The lowest BCUT2D eigenvalue weighted by atomic mass is 9.90. The molecule has 0 heterocycles. The Morgan fingerprint density at radius 2 is 0.808 bits per heavy atom. The zero-order chi connectivity index (χ0) is 18.2. The van der Waals surface area contributed by atoms with E-state index in [4.69, 9.17) is 0 Å². The molecular weight excluding hydrogens is 328 g/mol. The highest BCUT2D eigenvalue weighted by molar-refractivity contribution is 5.76. The van der Waals surface area contributed by atoms with Gasteiger partial charge in [-0.15, -0.1) is 0 Å². The first-order valence-electron chi connectivity index (χ1n) is 10.8. The van der Waals surface area contributed by atoms with Crippen LogP contribution in [0.5, 0.6) is 0 Å². The van der Waals surface area contributed by atoms with E-state index in [0.29, 0.717) is 12.1 Å². The fourth-order valence-corrected chi connectivity index (χ4v) is 4.76. The Hall–Kier alpha value is -1.46. The summed E-state index contributed by atoms with van der Waals surface area (Å²) in [6.45, 7) is 0. The van der Waals surface area contributed by atoms with Crippen LogP contribution in [0, 0.1) is 0 Å². The van der Waals surface area contributed by atoms with Crippen molar-refractivity contribution in [3.8, 4) is 0 Å². The Labute approximate surface area is 157 Å². The van der Waals surface area contributed by atoms with Gasteiger partial charge >= 0.3 is 12.1 Å². The topological polar surface area (TPSA) is 82.3 Å². The van der Waals surface area contributed by atoms with E-state index in [1.807, 2.05) is 0 Å². The molecular formula is C20H36N4O2.